The molecule has 8 heteroatoms. The van der Waals surface area contributed by atoms with Crippen LogP contribution in [0.3, 0.4) is 0 Å². The van der Waals surface area contributed by atoms with E-state index in [1.165, 1.54) is 25.7 Å². The van der Waals surface area contributed by atoms with Crippen LogP contribution in [0.1, 0.15) is 43.5 Å². The maximum atomic E-state index is 12.5. The van der Waals surface area contributed by atoms with E-state index in [0.717, 1.165) is 19.4 Å². The third-order valence-electron chi connectivity index (χ3n) is 4.41. The highest BCUT2D eigenvalue weighted by molar-refractivity contribution is 7.15. The fraction of sp³-hybridized carbons (Fsp3) is 0.857. The average molecular weight is 335 g/mol. The number of aromatic nitrogens is 2. The average Bonchev–Trinajstić information content (AvgIpc) is 3.16. The first-order valence-electron chi connectivity index (χ1n) is 7.79. The molecule has 0 N–H and O–H groups in total. The molecule has 2 heterocycles. The van der Waals surface area contributed by atoms with Gasteiger partial charge in [0.05, 0.1) is 6.10 Å². The van der Waals surface area contributed by atoms with E-state index >= 15 is 0 Å². The summed E-state index contributed by atoms with van der Waals surface area (Å²) in [5.41, 5.74) is 0. The third kappa shape index (κ3) is 3.90. The lowest BCUT2D eigenvalue weighted by Crippen LogP contribution is -2.37. The van der Waals surface area contributed by atoms with E-state index in [2.05, 4.69) is 10.2 Å². The van der Waals surface area contributed by atoms with Gasteiger partial charge >= 0.3 is 6.18 Å². The number of nitrogens with zero attached hydrogens (tertiary/aromatic N) is 3. The van der Waals surface area contributed by atoms with Crippen LogP contribution in [0.25, 0.3) is 0 Å². The van der Waals surface area contributed by atoms with Crippen molar-refractivity contribution in [3.8, 4) is 0 Å². The van der Waals surface area contributed by atoms with Gasteiger partial charge in [-0.05, 0) is 31.6 Å². The van der Waals surface area contributed by atoms with Crippen molar-refractivity contribution in [2.75, 3.05) is 24.6 Å². The summed E-state index contributed by atoms with van der Waals surface area (Å²) in [4.78, 5) is 1.88. The van der Waals surface area contributed by atoms with Gasteiger partial charge in [-0.15, -0.1) is 10.2 Å². The predicted molar refractivity (Wildman–Crippen MR) is 78.1 cm³/mol. The monoisotopic (exact) mass is 335 g/mol. The van der Waals surface area contributed by atoms with Gasteiger partial charge in [0, 0.05) is 19.7 Å². The first kappa shape index (κ1) is 16.0. The van der Waals surface area contributed by atoms with Crippen molar-refractivity contribution in [3.05, 3.63) is 5.01 Å². The van der Waals surface area contributed by atoms with E-state index in [9.17, 15) is 13.2 Å². The Bertz CT molecular complexity index is 480. The van der Waals surface area contributed by atoms with E-state index in [4.69, 9.17) is 4.74 Å². The van der Waals surface area contributed by atoms with E-state index in [-0.39, 0.29) is 6.10 Å². The van der Waals surface area contributed by atoms with Crippen molar-refractivity contribution >= 4 is 16.5 Å². The Morgan fingerprint density at radius 1 is 1.09 bits per heavy atom. The minimum atomic E-state index is -4.40. The van der Waals surface area contributed by atoms with E-state index in [0.29, 0.717) is 35.5 Å². The molecule has 2 fully saturated rings. The Hall–Kier alpha value is -0.890. The fourth-order valence-corrected chi connectivity index (χ4v) is 3.88. The topological polar surface area (TPSA) is 38.2 Å². The second-order valence-corrected chi connectivity index (χ2v) is 7.01. The second-order valence-electron chi connectivity index (χ2n) is 6.06. The molecule has 0 atom stereocenters. The Morgan fingerprint density at radius 2 is 1.77 bits per heavy atom. The molecule has 1 saturated heterocycles. The molecule has 1 aliphatic carbocycles. The second kappa shape index (κ2) is 6.70. The molecule has 1 aromatic rings. The van der Waals surface area contributed by atoms with Crippen molar-refractivity contribution in [2.45, 2.75) is 50.8 Å². The van der Waals surface area contributed by atoms with Crippen LogP contribution in [-0.4, -0.2) is 36.0 Å². The number of hydrogen-bond donors (Lipinski definition) is 0. The van der Waals surface area contributed by atoms with Gasteiger partial charge in [0.15, 0.2) is 0 Å². The number of piperidine rings is 1. The summed E-state index contributed by atoms with van der Waals surface area (Å²) < 4.78 is 43.6. The lowest BCUT2D eigenvalue weighted by molar-refractivity contribution is -0.138. The molecule has 0 unspecified atom stereocenters. The van der Waals surface area contributed by atoms with Crippen molar-refractivity contribution < 1.29 is 17.9 Å². The summed E-state index contributed by atoms with van der Waals surface area (Å²) in [5, 5.41) is 6.40. The molecule has 0 spiro atoms. The normalized spacial score (nSPS) is 21.7. The van der Waals surface area contributed by atoms with Gasteiger partial charge in [0.2, 0.25) is 10.1 Å². The van der Waals surface area contributed by atoms with E-state index < -0.39 is 11.2 Å². The number of ether oxygens (including phenoxy) is 1. The summed E-state index contributed by atoms with van der Waals surface area (Å²) in [5.74, 6) is 0.704. The highest BCUT2D eigenvalue weighted by Crippen LogP contribution is 2.35. The van der Waals surface area contributed by atoms with Crippen LogP contribution in [-0.2, 0) is 10.9 Å². The van der Waals surface area contributed by atoms with Crippen molar-refractivity contribution in [3.63, 3.8) is 0 Å². The maximum Gasteiger partial charge on any atom is 0.445 e. The van der Waals surface area contributed by atoms with Crippen molar-refractivity contribution in [1.82, 2.24) is 10.2 Å². The van der Waals surface area contributed by atoms with Crippen LogP contribution in [0.2, 0.25) is 0 Å². The van der Waals surface area contributed by atoms with Gasteiger partial charge < -0.3 is 9.64 Å². The van der Waals surface area contributed by atoms with Crippen LogP contribution in [0.4, 0.5) is 18.3 Å². The number of anilines is 1. The van der Waals surface area contributed by atoms with Crippen LogP contribution in [0, 0.1) is 5.92 Å². The van der Waals surface area contributed by atoms with Gasteiger partial charge in [0.25, 0.3) is 0 Å². The van der Waals surface area contributed by atoms with Crippen molar-refractivity contribution in [2.24, 2.45) is 5.92 Å². The lowest BCUT2D eigenvalue weighted by Gasteiger charge is -2.31. The summed E-state index contributed by atoms with van der Waals surface area (Å²) in [7, 11) is 0. The Morgan fingerprint density at radius 3 is 2.36 bits per heavy atom. The molecule has 124 valence electrons. The first-order valence-corrected chi connectivity index (χ1v) is 8.61. The summed E-state index contributed by atoms with van der Waals surface area (Å²) in [6, 6.07) is 0. The van der Waals surface area contributed by atoms with E-state index in [1.54, 1.807) is 0 Å². The molecule has 3 rings (SSSR count). The fourth-order valence-electron chi connectivity index (χ4n) is 3.12. The number of rotatable bonds is 4. The minimum Gasteiger partial charge on any atom is -0.378 e. The maximum absolute atomic E-state index is 12.5. The van der Waals surface area contributed by atoms with Crippen LogP contribution in [0.5, 0.6) is 0 Å². The molecule has 1 aliphatic heterocycles. The van der Waals surface area contributed by atoms with Gasteiger partial charge in [0.1, 0.15) is 0 Å². The Kier molecular flexibility index (Phi) is 4.87. The molecular weight excluding hydrogens is 315 g/mol. The third-order valence-corrected chi connectivity index (χ3v) is 5.44. The van der Waals surface area contributed by atoms with Crippen LogP contribution < -0.4 is 4.90 Å². The van der Waals surface area contributed by atoms with Gasteiger partial charge in [-0.2, -0.15) is 13.2 Å². The summed E-state index contributed by atoms with van der Waals surface area (Å²) in [6.07, 6.45) is 2.66. The Labute approximate surface area is 131 Å². The van der Waals surface area contributed by atoms with Crippen molar-refractivity contribution in [1.29, 1.82) is 0 Å². The number of alkyl halides is 3. The molecule has 1 saturated carbocycles. The summed E-state index contributed by atoms with van der Waals surface area (Å²) >= 11 is 0.619. The first-order chi connectivity index (χ1) is 10.5. The van der Waals surface area contributed by atoms with Gasteiger partial charge in [-0.25, -0.2) is 0 Å². The Balaban J connectivity index is 1.46. The molecule has 0 radical (unpaired) electrons. The highest BCUT2D eigenvalue weighted by atomic mass is 32.1. The molecule has 22 heavy (non-hydrogen) atoms. The van der Waals surface area contributed by atoms with E-state index in [1.807, 2.05) is 4.90 Å². The zero-order valence-electron chi connectivity index (χ0n) is 12.3. The molecule has 1 aromatic heterocycles. The minimum absolute atomic E-state index is 0.229. The molecule has 0 aromatic carbocycles. The van der Waals surface area contributed by atoms with Gasteiger partial charge in [-0.3, -0.25) is 0 Å². The summed E-state index contributed by atoms with van der Waals surface area (Å²) in [6.45, 7) is 2.20. The molecule has 4 nitrogen and oxygen atoms in total. The molecule has 2 aliphatic rings. The zero-order chi connectivity index (χ0) is 15.6. The van der Waals surface area contributed by atoms with Gasteiger partial charge in [-0.1, -0.05) is 24.2 Å². The zero-order valence-corrected chi connectivity index (χ0v) is 13.1. The highest BCUT2D eigenvalue weighted by Gasteiger charge is 2.36. The van der Waals surface area contributed by atoms with Crippen LogP contribution in [0.15, 0.2) is 0 Å². The lowest BCUT2D eigenvalue weighted by atomic mass is 10.1. The molecule has 0 amide bonds. The number of hydrogen-bond acceptors (Lipinski definition) is 5. The predicted octanol–water partition coefficient (Wildman–Crippen LogP) is 3.73. The standard InChI is InChI=1S/C14H20F3N3OS/c15-14(16,17)12-18-19-13(22-12)20-7-5-11(6-8-20)21-9-10-3-1-2-4-10/h10-11H,1-9H2. The smallest absolute Gasteiger partial charge is 0.378 e. The molecular formula is C14H20F3N3OS. The quantitative estimate of drug-likeness (QED) is 0.840. The number of halogens is 3. The largest absolute Gasteiger partial charge is 0.445 e. The SMILES string of the molecule is FC(F)(F)c1nnc(N2CCC(OCC3CCCC3)CC2)s1. The van der Waals surface area contributed by atoms with Crippen LogP contribution >= 0.6 is 11.3 Å². The molecule has 0 bridgehead atoms.